The summed E-state index contributed by atoms with van der Waals surface area (Å²) in [4.78, 5) is 35.8. The lowest BCUT2D eigenvalue weighted by atomic mass is 10.0. The normalized spacial score (nSPS) is 16.8. The maximum Gasteiger partial charge on any atom is 0.317 e. The molecule has 10 heteroatoms. The van der Waals surface area contributed by atoms with Crippen LogP contribution in [0.5, 0.6) is 0 Å². The number of hydrogen-bond donors (Lipinski definition) is 2. The van der Waals surface area contributed by atoms with Gasteiger partial charge < -0.3 is 20.1 Å². The van der Waals surface area contributed by atoms with Crippen molar-refractivity contribution in [1.82, 2.24) is 34.9 Å². The van der Waals surface area contributed by atoms with Crippen LogP contribution in [0.3, 0.4) is 0 Å². The standard InChI is InChI=1S/C23H26N8O2/c1-3-24-23(33)30-10-9-15-12-25-18(11-16(15)13-30)22(32)27-19-6-4-5-17(26-19)21-29-28-20-8-7-14(2)31(20)21/h4-6,11-12,14H,3,7-10,13H2,1-2H3,(H,24,33)(H,26,27,32)/t14-/m0/s1. The van der Waals surface area contributed by atoms with E-state index in [0.717, 1.165) is 29.8 Å². The molecule has 0 saturated heterocycles. The van der Waals surface area contributed by atoms with E-state index in [9.17, 15) is 9.59 Å². The molecule has 0 fully saturated rings. The van der Waals surface area contributed by atoms with Crippen molar-refractivity contribution in [3.63, 3.8) is 0 Å². The van der Waals surface area contributed by atoms with E-state index >= 15 is 0 Å². The second kappa shape index (κ2) is 8.61. The summed E-state index contributed by atoms with van der Waals surface area (Å²) in [6.45, 7) is 5.70. The molecule has 5 heterocycles. The van der Waals surface area contributed by atoms with Crippen LogP contribution in [-0.4, -0.2) is 54.7 Å². The maximum absolute atomic E-state index is 12.9. The summed E-state index contributed by atoms with van der Waals surface area (Å²) >= 11 is 0. The quantitative estimate of drug-likeness (QED) is 0.636. The summed E-state index contributed by atoms with van der Waals surface area (Å²) < 4.78 is 2.11. The van der Waals surface area contributed by atoms with E-state index in [-0.39, 0.29) is 17.6 Å². The third-order valence-corrected chi connectivity index (χ3v) is 6.16. The highest BCUT2D eigenvalue weighted by molar-refractivity contribution is 6.02. The second-order valence-electron chi connectivity index (χ2n) is 8.41. The van der Waals surface area contributed by atoms with Gasteiger partial charge in [0.15, 0.2) is 5.82 Å². The number of nitrogens with one attached hydrogen (secondary N) is 2. The average molecular weight is 447 g/mol. The number of fused-ring (bicyclic) bond motifs is 2. The van der Waals surface area contributed by atoms with E-state index in [0.29, 0.717) is 49.4 Å². The number of rotatable bonds is 4. The number of aromatic nitrogens is 5. The zero-order valence-electron chi connectivity index (χ0n) is 18.7. The third-order valence-electron chi connectivity index (χ3n) is 6.16. The van der Waals surface area contributed by atoms with E-state index < -0.39 is 0 Å². The predicted molar refractivity (Wildman–Crippen MR) is 122 cm³/mol. The van der Waals surface area contributed by atoms with Gasteiger partial charge in [-0.05, 0) is 56.0 Å². The Balaban J connectivity index is 1.33. The first-order valence-electron chi connectivity index (χ1n) is 11.3. The highest BCUT2D eigenvalue weighted by Gasteiger charge is 2.25. The first-order valence-corrected chi connectivity index (χ1v) is 11.3. The minimum Gasteiger partial charge on any atom is -0.338 e. The van der Waals surface area contributed by atoms with Crippen LogP contribution in [0.1, 0.15) is 53.7 Å². The van der Waals surface area contributed by atoms with Crippen LogP contribution >= 0.6 is 0 Å². The minimum atomic E-state index is -0.350. The SMILES string of the molecule is CCNC(=O)N1CCc2cnc(C(=O)Nc3cccc(-c4nnc5n4[C@@H](C)CC5)n3)cc2C1. The van der Waals surface area contributed by atoms with Gasteiger partial charge in [0.05, 0.1) is 0 Å². The molecule has 3 amide bonds. The second-order valence-corrected chi connectivity index (χ2v) is 8.41. The highest BCUT2D eigenvalue weighted by atomic mass is 16.2. The Labute approximate surface area is 191 Å². The molecular formula is C23H26N8O2. The molecule has 0 spiro atoms. The molecule has 0 aromatic carbocycles. The molecule has 10 nitrogen and oxygen atoms in total. The first-order chi connectivity index (χ1) is 16.0. The summed E-state index contributed by atoms with van der Waals surface area (Å²) in [5, 5.41) is 14.2. The minimum absolute atomic E-state index is 0.0961. The zero-order valence-corrected chi connectivity index (χ0v) is 18.7. The molecule has 3 aromatic rings. The van der Waals surface area contributed by atoms with Crippen molar-refractivity contribution < 1.29 is 9.59 Å². The fraction of sp³-hybridized carbons (Fsp3) is 0.391. The number of carbonyl (C=O) groups excluding carboxylic acids is 2. The van der Waals surface area contributed by atoms with Crippen LogP contribution < -0.4 is 10.6 Å². The van der Waals surface area contributed by atoms with Gasteiger partial charge in [-0.15, -0.1) is 10.2 Å². The lowest BCUT2D eigenvalue weighted by Gasteiger charge is -2.28. The molecule has 0 radical (unpaired) electrons. The monoisotopic (exact) mass is 446 g/mol. The molecule has 0 unspecified atom stereocenters. The van der Waals surface area contributed by atoms with Gasteiger partial charge in [0.2, 0.25) is 0 Å². The molecule has 0 saturated carbocycles. The molecule has 0 bridgehead atoms. The van der Waals surface area contributed by atoms with Gasteiger partial charge in [-0.25, -0.2) is 9.78 Å². The van der Waals surface area contributed by atoms with Gasteiger partial charge in [0.1, 0.15) is 23.0 Å². The molecule has 0 aliphatic carbocycles. The molecule has 170 valence electrons. The van der Waals surface area contributed by atoms with Crippen LogP contribution in [0.15, 0.2) is 30.5 Å². The Bertz CT molecular complexity index is 1220. The molecule has 1 atom stereocenters. The molecular weight excluding hydrogens is 420 g/mol. The van der Waals surface area contributed by atoms with Crippen LogP contribution in [0.25, 0.3) is 11.5 Å². The summed E-state index contributed by atoms with van der Waals surface area (Å²) in [6, 6.07) is 7.42. The van der Waals surface area contributed by atoms with Crippen molar-refractivity contribution in [2.24, 2.45) is 0 Å². The molecule has 33 heavy (non-hydrogen) atoms. The zero-order chi connectivity index (χ0) is 22.9. The van der Waals surface area contributed by atoms with Crippen molar-refractivity contribution in [2.45, 2.75) is 45.7 Å². The number of amides is 3. The molecule has 2 N–H and O–H groups in total. The van der Waals surface area contributed by atoms with Gasteiger partial charge in [0.25, 0.3) is 5.91 Å². The lowest BCUT2D eigenvalue weighted by molar-refractivity contribution is 0.102. The van der Waals surface area contributed by atoms with Crippen molar-refractivity contribution >= 4 is 17.8 Å². The topological polar surface area (TPSA) is 118 Å². The van der Waals surface area contributed by atoms with E-state index in [4.69, 9.17) is 0 Å². The number of pyridine rings is 2. The lowest BCUT2D eigenvalue weighted by Crippen LogP contribution is -2.42. The largest absolute Gasteiger partial charge is 0.338 e. The van der Waals surface area contributed by atoms with E-state index in [1.165, 1.54) is 0 Å². The van der Waals surface area contributed by atoms with E-state index in [2.05, 4.69) is 42.3 Å². The fourth-order valence-electron chi connectivity index (χ4n) is 4.41. The van der Waals surface area contributed by atoms with Gasteiger partial charge in [-0.1, -0.05) is 6.07 Å². The summed E-state index contributed by atoms with van der Waals surface area (Å²) in [5.74, 6) is 1.75. The van der Waals surface area contributed by atoms with Crippen molar-refractivity contribution in [2.75, 3.05) is 18.4 Å². The summed E-state index contributed by atoms with van der Waals surface area (Å²) in [5.41, 5.74) is 2.94. The fourth-order valence-corrected chi connectivity index (χ4v) is 4.41. The van der Waals surface area contributed by atoms with Crippen LogP contribution in [-0.2, 0) is 19.4 Å². The predicted octanol–water partition coefficient (Wildman–Crippen LogP) is 2.58. The Kier molecular flexibility index (Phi) is 5.49. The van der Waals surface area contributed by atoms with Crippen molar-refractivity contribution in [1.29, 1.82) is 0 Å². The molecule has 2 aliphatic rings. The summed E-state index contributed by atoms with van der Waals surface area (Å²) in [6.07, 6.45) is 4.39. The molecule has 5 rings (SSSR count). The van der Waals surface area contributed by atoms with E-state index in [1.54, 1.807) is 23.2 Å². The van der Waals surface area contributed by atoms with Crippen molar-refractivity contribution in [3.05, 3.63) is 53.1 Å². The van der Waals surface area contributed by atoms with Crippen LogP contribution in [0.2, 0.25) is 0 Å². The number of nitrogens with zero attached hydrogens (tertiary/aromatic N) is 6. The van der Waals surface area contributed by atoms with Gasteiger partial charge in [-0.2, -0.15) is 0 Å². The molecule has 3 aromatic heterocycles. The van der Waals surface area contributed by atoms with Crippen LogP contribution in [0, 0.1) is 0 Å². The van der Waals surface area contributed by atoms with Gasteiger partial charge >= 0.3 is 6.03 Å². The van der Waals surface area contributed by atoms with Crippen molar-refractivity contribution in [3.8, 4) is 11.5 Å². The Morgan fingerprint density at radius 3 is 2.91 bits per heavy atom. The third kappa shape index (κ3) is 4.04. The number of anilines is 1. The Morgan fingerprint density at radius 1 is 1.18 bits per heavy atom. The Hall–Kier alpha value is -3.82. The highest BCUT2D eigenvalue weighted by Crippen LogP contribution is 2.30. The first kappa shape index (κ1) is 21.0. The number of carbonyl (C=O) groups is 2. The number of urea groups is 1. The summed E-state index contributed by atoms with van der Waals surface area (Å²) in [7, 11) is 0. The smallest absolute Gasteiger partial charge is 0.317 e. The van der Waals surface area contributed by atoms with Gasteiger partial charge in [-0.3, -0.25) is 9.78 Å². The number of aryl methyl sites for hydroxylation is 1. The Morgan fingerprint density at radius 2 is 2.06 bits per heavy atom. The van der Waals surface area contributed by atoms with Crippen LogP contribution in [0.4, 0.5) is 10.6 Å². The van der Waals surface area contributed by atoms with Gasteiger partial charge in [0, 0.05) is 38.3 Å². The maximum atomic E-state index is 12.9. The number of hydrogen-bond acceptors (Lipinski definition) is 6. The van der Waals surface area contributed by atoms with E-state index in [1.807, 2.05) is 19.1 Å². The molecule has 2 aliphatic heterocycles. The average Bonchev–Trinajstić information content (AvgIpc) is 3.41.